The van der Waals surface area contributed by atoms with Gasteiger partial charge in [-0.1, -0.05) is 40.7 Å². The number of aliphatic hydroxyl groups is 1. The molecule has 6 heteroatoms. The van der Waals surface area contributed by atoms with Gasteiger partial charge < -0.3 is 14.3 Å². The van der Waals surface area contributed by atoms with Gasteiger partial charge in [0.05, 0.1) is 25.3 Å². The molecule has 5 nitrogen and oxygen atoms in total. The number of carbonyl (C=O) groups excluding carboxylic acids is 1. The molecular weight excluding hydrogens is 346 g/mol. The predicted octanol–water partition coefficient (Wildman–Crippen LogP) is 4.57. The van der Waals surface area contributed by atoms with Gasteiger partial charge in [0.25, 0.3) is 0 Å². The molecule has 0 radical (unpaired) electrons. The minimum Gasteiger partial charge on any atom is -0.444 e. The van der Waals surface area contributed by atoms with Crippen LogP contribution in [0.2, 0.25) is 18.1 Å². The lowest BCUT2D eigenvalue weighted by Crippen LogP contribution is -2.53. The van der Waals surface area contributed by atoms with Crippen LogP contribution in [0.1, 0.15) is 55.4 Å². The van der Waals surface area contributed by atoms with E-state index in [9.17, 15) is 9.90 Å². The molecule has 2 atom stereocenters. The van der Waals surface area contributed by atoms with Gasteiger partial charge in [0.2, 0.25) is 0 Å². The minimum atomic E-state index is -1.94. The molecule has 1 aliphatic heterocycles. The third-order valence-electron chi connectivity index (χ3n) is 5.26. The largest absolute Gasteiger partial charge is 0.444 e. The molecule has 0 unspecified atom stereocenters. The van der Waals surface area contributed by atoms with Crippen LogP contribution in [-0.2, 0) is 9.16 Å². The first-order valence-electron chi connectivity index (χ1n) is 9.58. The van der Waals surface area contributed by atoms with Crippen molar-refractivity contribution in [3.05, 3.63) is 11.6 Å². The fraction of sp³-hybridized carbons (Fsp3) is 0.850. The van der Waals surface area contributed by atoms with Crippen LogP contribution in [0.25, 0.3) is 0 Å². The first-order valence-corrected chi connectivity index (χ1v) is 12.5. The highest BCUT2D eigenvalue weighted by atomic mass is 28.4. The quantitative estimate of drug-likeness (QED) is 0.569. The maximum Gasteiger partial charge on any atom is 0.410 e. The maximum atomic E-state index is 12.7. The Labute approximate surface area is 160 Å². The van der Waals surface area contributed by atoms with E-state index >= 15 is 0 Å². The first-order chi connectivity index (χ1) is 11.5. The normalized spacial score (nSPS) is 22.5. The summed E-state index contributed by atoms with van der Waals surface area (Å²) in [7, 11) is -1.94. The number of hydrogen-bond acceptors (Lipinski definition) is 4. The first kappa shape index (κ1) is 23.2. The molecule has 0 aliphatic carbocycles. The van der Waals surface area contributed by atoms with Gasteiger partial charge >= 0.3 is 6.09 Å². The van der Waals surface area contributed by atoms with Crippen molar-refractivity contribution >= 4 is 14.4 Å². The summed E-state index contributed by atoms with van der Waals surface area (Å²) in [5.74, 6) is 0.223. The number of hydrogen-bond donors (Lipinski definition) is 1. The standard InChI is InChI=1S/C20H39NO4Si/c1-14(2)16-11-15(13-24-26(9,10)20(6,7)8)21(12-17(16)22)18(23)25-19(3,4)5/h11,14-15,17,22H,12-13H2,1-10H3/t15-,17+/m0/s1. The Balaban J connectivity index is 3.06. The van der Waals surface area contributed by atoms with Gasteiger partial charge in [0.15, 0.2) is 8.32 Å². The van der Waals surface area contributed by atoms with Crippen molar-refractivity contribution in [3.8, 4) is 0 Å². The number of β-amino-alcohol motifs (C(OH)–C–C–N with tert-alkyl or cyclic N) is 1. The molecule has 0 spiro atoms. The van der Waals surface area contributed by atoms with Crippen molar-refractivity contribution in [1.82, 2.24) is 4.90 Å². The molecule has 1 amide bonds. The van der Waals surface area contributed by atoms with Gasteiger partial charge in [-0.3, -0.25) is 4.90 Å². The van der Waals surface area contributed by atoms with Crippen LogP contribution in [0.15, 0.2) is 11.6 Å². The minimum absolute atomic E-state index is 0.0997. The van der Waals surface area contributed by atoms with Crippen molar-refractivity contribution in [1.29, 1.82) is 0 Å². The second kappa shape index (κ2) is 8.03. The van der Waals surface area contributed by atoms with Crippen LogP contribution in [0.4, 0.5) is 4.79 Å². The van der Waals surface area contributed by atoms with E-state index in [4.69, 9.17) is 9.16 Å². The van der Waals surface area contributed by atoms with Crippen molar-refractivity contribution in [2.75, 3.05) is 13.2 Å². The Hall–Kier alpha value is -0.853. The predicted molar refractivity (Wildman–Crippen MR) is 109 cm³/mol. The Morgan fingerprint density at radius 1 is 1.27 bits per heavy atom. The zero-order chi connectivity index (χ0) is 20.5. The van der Waals surface area contributed by atoms with Crippen molar-refractivity contribution in [2.24, 2.45) is 5.92 Å². The van der Waals surface area contributed by atoms with Gasteiger partial charge in [-0.25, -0.2) is 4.79 Å². The molecule has 0 aromatic rings. The lowest BCUT2D eigenvalue weighted by Gasteiger charge is -2.42. The smallest absolute Gasteiger partial charge is 0.410 e. The monoisotopic (exact) mass is 385 g/mol. The highest BCUT2D eigenvalue weighted by Gasteiger charge is 2.40. The molecule has 0 saturated heterocycles. The van der Waals surface area contributed by atoms with Crippen LogP contribution in [-0.4, -0.2) is 55.3 Å². The lowest BCUT2D eigenvalue weighted by molar-refractivity contribution is 0.00172. The van der Waals surface area contributed by atoms with E-state index in [1.54, 1.807) is 4.90 Å². The van der Waals surface area contributed by atoms with Crippen LogP contribution in [0.5, 0.6) is 0 Å². The Kier molecular flexibility index (Phi) is 7.16. The van der Waals surface area contributed by atoms with Gasteiger partial charge in [0.1, 0.15) is 5.60 Å². The summed E-state index contributed by atoms with van der Waals surface area (Å²) in [6.07, 6.45) is 0.932. The number of aliphatic hydroxyl groups excluding tert-OH is 1. The summed E-state index contributed by atoms with van der Waals surface area (Å²) in [6.45, 7) is 21.3. The summed E-state index contributed by atoms with van der Waals surface area (Å²) in [5.41, 5.74) is 0.392. The molecule has 26 heavy (non-hydrogen) atoms. The van der Waals surface area contributed by atoms with Crippen LogP contribution in [0, 0.1) is 5.92 Å². The Bertz CT molecular complexity index is 529. The van der Waals surface area contributed by atoms with E-state index in [0.29, 0.717) is 6.61 Å². The van der Waals surface area contributed by atoms with Crippen LogP contribution >= 0.6 is 0 Å². The third kappa shape index (κ3) is 6.10. The molecule has 1 rings (SSSR count). The van der Waals surface area contributed by atoms with Gasteiger partial charge in [-0.2, -0.15) is 0 Å². The van der Waals surface area contributed by atoms with E-state index < -0.39 is 26.1 Å². The molecule has 0 aromatic heterocycles. The fourth-order valence-corrected chi connectivity index (χ4v) is 3.63. The lowest BCUT2D eigenvalue weighted by atomic mass is 9.91. The molecular formula is C20H39NO4Si. The summed E-state index contributed by atoms with van der Waals surface area (Å²) < 4.78 is 11.9. The molecule has 0 saturated carbocycles. The molecule has 1 aliphatic rings. The molecule has 0 bridgehead atoms. The van der Waals surface area contributed by atoms with E-state index in [2.05, 4.69) is 47.7 Å². The van der Waals surface area contributed by atoms with Gasteiger partial charge in [-0.15, -0.1) is 0 Å². The number of rotatable bonds is 4. The maximum absolute atomic E-state index is 12.7. The summed E-state index contributed by atoms with van der Waals surface area (Å²) in [4.78, 5) is 14.3. The average molecular weight is 386 g/mol. The second-order valence-corrected chi connectivity index (χ2v) is 14.9. The topological polar surface area (TPSA) is 59.0 Å². The van der Waals surface area contributed by atoms with E-state index in [0.717, 1.165) is 5.57 Å². The molecule has 1 N–H and O–H groups in total. The van der Waals surface area contributed by atoms with E-state index in [-0.39, 0.29) is 23.5 Å². The van der Waals surface area contributed by atoms with E-state index in [1.807, 2.05) is 26.8 Å². The summed E-state index contributed by atoms with van der Waals surface area (Å²) in [5, 5.41) is 10.6. The zero-order valence-corrected chi connectivity index (χ0v) is 19.3. The molecule has 0 aromatic carbocycles. The van der Waals surface area contributed by atoms with Crippen LogP contribution < -0.4 is 0 Å². The molecule has 1 heterocycles. The Morgan fingerprint density at radius 3 is 2.23 bits per heavy atom. The van der Waals surface area contributed by atoms with Gasteiger partial charge in [-0.05, 0) is 50.4 Å². The van der Waals surface area contributed by atoms with Crippen molar-refractivity contribution in [2.45, 2.75) is 91.3 Å². The van der Waals surface area contributed by atoms with Crippen LogP contribution in [0.3, 0.4) is 0 Å². The molecule has 0 fully saturated rings. The Morgan fingerprint density at radius 2 is 1.81 bits per heavy atom. The average Bonchev–Trinajstić information content (AvgIpc) is 2.42. The highest BCUT2D eigenvalue weighted by molar-refractivity contribution is 6.74. The summed E-state index contributed by atoms with van der Waals surface area (Å²) in [6, 6.07) is -0.222. The number of nitrogens with zero attached hydrogens (tertiary/aromatic N) is 1. The van der Waals surface area contributed by atoms with Crippen molar-refractivity contribution < 1.29 is 19.1 Å². The number of carbonyl (C=O) groups is 1. The highest BCUT2D eigenvalue weighted by Crippen LogP contribution is 2.37. The molecule has 152 valence electrons. The SMILES string of the molecule is CC(C)C1=C[C@@H](CO[Si](C)(C)C(C)(C)C)N(C(=O)OC(C)(C)C)C[C@H]1O. The third-order valence-corrected chi connectivity index (χ3v) is 9.76. The number of amides is 1. The van der Waals surface area contributed by atoms with E-state index in [1.165, 1.54) is 0 Å². The zero-order valence-electron chi connectivity index (χ0n) is 18.3. The van der Waals surface area contributed by atoms with Crippen molar-refractivity contribution in [3.63, 3.8) is 0 Å². The number of ether oxygens (including phenoxy) is 1. The van der Waals surface area contributed by atoms with Gasteiger partial charge in [0, 0.05) is 0 Å². The summed E-state index contributed by atoms with van der Waals surface area (Å²) >= 11 is 0. The fourth-order valence-electron chi connectivity index (χ4n) is 2.61. The second-order valence-electron chi connectivity index (χ2n) is 10.1.